The number of hydrogen-bond acceptors (Lipinski definition) is 3. The molecule has 1 aliphatic carbocycles. The second-order valence-electron chi connectivity index (χ2n) is 7.37. The fourth-order valence-corrected chi connectivity index (χ4v) is 4.26. The van der Waals surface area contributed by atoms with Gasteiger partial charge in [-0.2, -0.15) is 0 Å². The minimum Gasteiger partial charge on any atom is -0.360 e. The smallest absolute Gasteiger partial charge is 0.257 e. The van der Waals surface area contributed by atoms with E-state index in [1.54, 1.807) is 13.0 Å². The molecular formula is C23H23ClN2O2. The monoisotopic (exact) mass is 394 g/mol. The SMILES string of the molecule is Cc1onc(-c2ccccc2Cl)c1C(=O)NC1CCC(c2ccccc2)CC1. The zero-order valence-electron chi connectivity index (χ0n) is 15.8. The van der Waals surface area contributed by atoms with Crippen LogP contribution < -0.4 is 5.32 Å². The molecule has 1 fully saturated rings. The van der Waals surface area contributed by atoms with Crippen LogP contribution in [-0.2, 0) is 0 Å². The van der Waals surface area contributed by atoms with E-state index in [9.17, 15) is 4.79 Å². The molecule has 0 spiro atoms. The lowest BCUT2D eigenvalue weighted by Gasteiger charge is -2.29. The molecule has 0 aliphatic heterocycles. The third-order valence-electron chi connectivity index (χ3n) is 5.55. The summed E-state index contributed by atoms with van der Waals surface area (Å²) in [6.45, 7) is 1.76. The molecule has 4 rings (SSSR count). The van der Waals surface area contributed by atoms with E-state index in [4.69, 9.17) is 16.1 Å². The first-order valence-electron chi connectivity index (χ1n) is 9.70. The van der Waals surface area contributed by atoms with Gasteiger partial charge in [-0.3, -0.25) is 4.79 Å². The molecule has 5 heteroatoms. The lowest BCUT2D eigenvalue weighted by atomic mass is 9.81. The van der Waals surface area contributed by atoms with Crippen molar-refractivity contribution in [3.8, 4) is 11.3 Å². The molecule has 1 heterocycles. The van der Waals surface area contributed by atoms with Crippen molar-refractivity contribution in [1.29, 1.82) is 0 Å². The molecule has 1 saturated carbocycles. The molecule has 144 valence electrons. The maximum atomic E-state index is 13.0. The van der Waals surface area contributed by atoms with Crippen LogP contribution in [-0.4, -0.2) is 17.1 Å². The first-order valence-corrected chi connectivity index (χ1v) is 10.1. The summed E-state index contributed by atoms with van der Waals surface area (Å²) in [6, 6.07) is 18.1. The Bertz CT molecular complexity index is 960. The van der Waals surface area contributed by atoms with Crippen LogP contribution in [0.1, 0.15) is 53.3 Å². The Morgan fingerprint density at radius 3 is 2.43 bits per heavy atom. The summed E-state index contributed by atoms with van der Waals surface area (Å²) < 4.78 is 5.32. The van der Waals surface area contributed by atoms with Crippen LogP contribution in [0.5, 0.6) is 0 Å². The van der Waals surface area contributed by atoms with Gasteiger partial charge in [0.15, 0.2) is 0 Å². The molecule has 2 aromatic carbocycles. The second-order valence-corrected chi connectivity index (χ2v) is 7.78. The van der Waals surface area contributed by atoms with E-state index in [0.29, 0.717) is 33.5 Å². The van der Waals surface area contributed by atoms with Gasteiger partial charge >= 0.3 is 0 Å². The zero-order chi connectivity index (χ0) is 19.5. The summed E-state index contributed by atoms with van der Waals surface area (Å²) in [5.41, 5.74) is 3.07. The quantitative estimate of drug-likeness (QED) is 0.612. The van der Waals surface area contributed by atoms with Gasteiger partial charge in [0.05, 0.1) is 5.02 Å². The molecule has 1 aliphatic rings. The highest BCUT2D eigenvalue weighted by Gasteiger charge is 2.27. The van der Waals surface area contributed by atoms with Gasteiger partial charge in [0, 0.05) is 11.6 Å². The summed E-state index contributed by atoms with van der Waals surface area (Å²) in [4.78, 5) is 13.0. The van der Waals surface area contributed by atoms with Gasteiger partial charge < -0.3 is 9.84 Å². The molecule has 0 radical (unpaired) electrons. The Morgan fingerprint density at radius 2 is 1.71 bits per heavy atom. The number of halogens is 1. The van der Waals surface area contributed by atoms with Gasteiger partial charge in [0.1, 0.15) is 17.0 Å². The highest BCUT2D eigenvalue weighted by molar-refractivity contribution is 6.33. The number of carbonyl (C=O) groups is 1. The average molecular weight is 395 g/mol. The first kappa shape index (κ1) is 18.8. The largest absolute Gasteiger partial charge is 0.360 e. The van der Waals surface area contributed by atoms with E-state index in [-0.39, 0.29) is 11.9 Å². The predicted octanol–water partition coefficient (Wildman–Crippen LogP) is 5.76. The summed E-state index contributed by atoms with van der Waals surface area (Å²) in [6.07, 6.45) is 4.10. The Morgan fingerprint density at radius 1 is 1.04 bits per heavy atom. The third-order valence-corrected chi connectivity index (χ3v) is 5.88. The number of rotatable bonds is 4. The maximum absolute atomic E-state index is 13.0. The normalized spacial score (nSPS) is 19.4. The summed E-state index contributed by atoms with van der Waals surface area (Å²) >= 11 is 6.30. The minimum atomic E-state index is -0.142. The van der Waals surface area contributed by atoms with Crippen LogP contribution in [0.2, 0.25) is 5.02 Å². The molecule has 1 N–H and O–H groups in total. The topological polar surface area (TPSA) is 55.1 Å². The fraction of sp³-hybridized carbons (Fsp3) is 0.304. The number of nitrogens with one attached hydrogen (secondary N) is 1. The van der Waals surface area contributed by atoms with Crippen LogP contribution >= 0.6 is 11.6 Å². The van der Waals surface area contributed by atoms with Crippen LogP contribution in [0.15, 0.2) is 59.1 Å². The highest BCUT2D eigenvalue weighted by atomic mass is 35.5. The predicted molar refractivity (Wildman–Crippen MR) is 111 cm³/mol. The molecule has 0 unspecified atom stereocenters. The summed E-state index contributed by atoms with van der Waals surface area (Å²) in [5, 5.41) is 7.82. The van der Waals surface area contributed by atoms with E-state index in [0.717, 1.165) is 25.7 Å². The number of benzene rings is 2. The lowest BCUT2D eigenvalue weighted by molar-refractivity contribution is 0.0925. The van der Waals surface area contributed by atoms with E-state index in [2.05, 4.69) is 34.7 Å². The molecule has 0 saturated heterocycles. The molecule has 0 bridgehead atoms. The molecule has 4 nitrogen and oxygen atoms in total. The van der Waals surface area contributed by atoms with Gasteiger partial charge in [-0.15, -0.1) is 0 Å². The second kappa shape index (κ2) is 8.19. The third kappa shape index (κ3) is 3.83. The van der Waals surface area contributed by atoms with Gasteiger partial charge in [-0.1, -0.05) is 65.3 Å². The van der Waals surface area contributed by atoms with Crippen LogP contribution in [0.3, 0.4) is 0 Å². The van der Waals surface area contributed by atoms with Crippen LogP contribution in [0.4, 0.5) is 0 Å². The number of hydrogen-bond donors (Lipinski definition) is 1. The Balaban J connectivity index is 1.46. The lowest BCUT2D eigenvalue weighted by Crippen LogP contribution is -2.37. The van der Waals surface area contributed by atoms with Crippen molar-refractivity contribution >= 4 is 17.5 Å². The molecule has 28 heavy (non-hydrogen) atoms. The fourth-order valence-electron chi connectivity index (χ4n) is 4.03. The highest BCUT2D eigenvalue weighted by Crippen LogP contribution is 2.34. The van der Waals surface area contributed by atoms with Gasteiger partial charge in [0.2, 0.25) is 0 Å². The van der Waals surface area contributed by atoms with E-state index in [1.807, 2.05) is 24.3 Å². The Kier molecular flexibility index (Phi) is 5.49. The summed E-state index contributed by atoms with van der Waals surface area (Å²) in [5.74, 6) is 0.938. The van der Waals surface area contributed by atoms with Crippen LogP contribution in [0, 0.1) is 6.92 Å². The van der Waals surface area contributed by atoms with Crippen molar-refractivity contribution < 1.29 is 9.32 Å². The van der Waals surface area contributed by atoms with Crippen molar-refractivity contribution in [2.75, 3.05) is 0 Å². The molecule has 0 atom stereocenters. The van der Waals surface area contributed by atoms with Gasteiger partial charge in [-0.05, 0) is 50.2 Å². The van der Waals surface area contributed by atoms with Gasteiger partial charge in [-0.25, -0.2) is 0 Å². The van der Waals surface area contributed by atoms with Crippen molar-refractivity contribution in [3.05, 3.63) is 76.5 Å². The van der Waals surface area contributed by atoms with Crippen molar-refractivity contribution in [2.45, 2.75) is 44.6 Å². The van der Waals surface area contributed by atoms with Crippen molar-refractivity contribution in [2.24, 2.45) is 0 Å². The average Bonchev–Trinajstić information content (AvgIpc) is 3.11. The zero-order valence-corrected chi connectivity index (χ0v) is 16.6. The number of carbonyl (C=O) groups excluding carboxylic acids is 1. The first-order chi connectivity index (χ1) is 13.6. The van der Waals surface area contributed by atoms with Crippen molar-refractivity contribution in [3.63, 3.8) is 0 Å². The molecule has 1 aromatic heterocycles. The van der Waals surface area contributed by atoms with E-state index >= 15 is 0 Å². The summed E-state index contributed by atoms with van der Waals surface area (Å²) in [7, 11) is 0. The van der Waals surface area contributed by atoms with E-state index in [1.165, 1.54) is 5.56 Å². The number of amides is 1. The van der Waals surface area contributed by atoms with Gasteiger partial charge in [0.25, 0.3) is 5.91 Å². The molecule has 3 aromatic rings. The minimum absolute atomic E-state index is 0.142. The molecular weight excluding hydrogens is 372 g/mol. The Labute approximate surface area is 169 Å². The standard InChI is InChI=1S/C23H23ClN2O2/c1-15-21(22(26-28-15)19-9-5-6-10-20(19)24)23(27)25-18-13-11-17(12-14-18)16-7-3-2-4-8-16/h2-10,17-18H,11-14H2,1H3,(H,25,27). The van der Waals surface area contributed by atoms with Crippen molar-refractivity contribution in [1.82, 2.24) is 10.5 Å². The maximum Gasteiger partial charge on any atom is 0.257 e. The number of aryl methyl sites for hydroxylation is 1. The Hall–Kier alpha value is -2.59. The van der Waals surface area contributed by atoms with Crippen LogP contribution in [0.25, 0.3) is 11.3 Å². The molecule has 1 amide bonds. The number of nitrogens with zero attached hydrogens (tertiary/aromatic N) is 1. The number of aromatic nitrogens is 1. The van der Waals surface area contributed by atoms with E-state index < -0.39 is 0 Å².